The summed E-state index contributed by atoms with van der Waals surface area (Å²) in [5.74, 6) is 1.32. The van der Waals surface area contributed by atoms with E-state index in [9.17, 15) is 4.79 Å². The van der Waals surface area contributed by atoms with Crippen molar-refractivity contribution in [2.75, 3.05) is 18.4 Å². The summed E-state index contributed by atoms with van der Waals surface area (Å²) in [4.78, 5) is 15.8. The SMILES string of the molecule is Cc1nc(NCC(C)(C)CCN)cc2n[nH]c(=O)n12. The molecule has 4 N–H and O–H groups in total. The zero-order valence-electron chi connectivity index (χ0n) is 11.5. The molecule has 0 spiro atoms. The van der Waals surface area contributed by atoms with Crippen LogP contribution in [0, 0.1) is 12.3 Å². The minimum atomic E-state index is -0.269. The summed E-state index contributed by atoms with van der Waals surface area (Å²) < 4.78 is 1.44. The predicted octanol–water partition coefficient (Wildman–Crippen LogP) is 0.513. The Morgan fingerprint density at radius 3 is 2.95 bits per heavy atom. The number of rotatable bonds is 5. The quantitative estimate of drug-likeness (QED) is 0.730. The molecule has 0 radical (unpaired) electrons. The maximum absolute atomic E-state index is 11.5. The zero-order valence-corrected chi connectivity index (χ0v) is 11.5. The molecular weight excluding hydrogens is 244 g/mol. The number of hydrogen-bond acceptors (Lipinski definition) is 5. The Morgan fingerprint density at radius 1 is 1.53 bits per heavy atom. The summed E-state index contributed by atoms with van der Waals surface area (Å²) in [5.41, 5.74) is 5.99. The van der Waals surface area contributed by atoms with Crippen LogP contribution in [0.25, 0.3) is 5.65 Å². The van der Waals surface area contributed by atoms with Gasteiger partial charge in [0.1, 0.15) is 11.6 Å². The van der Waals surface area contributed by atoms with Gasteiger partial charge in [-0.15, -0.1) is 0 Å². The first kappa shape index (κ1) is 13.5. The van der Waals surface area contributed by atoms with Gasteiger partial charge in [-0.2, -0.15) is 5.10 Å². The molecule has 0 aliphatic rings. The molecule has 0 saturated carbocycles. The maximum atomic E-state index is 11.5. The second-order valence-corrected chi connectivity index (χ2v) is 5.47. The number of nitrogens with zero attached hydrogens (tertiary/aromatic N) is 3. The van der Waals surface area contributed by atoms with E-state index in [2.05, 4.69) is 34.3 Å². The van der Waals surface area contributed by atoms with E-state index in [0.29, 0.717) is 23.8 Å². The molecule has 0 bridgehead atoms. The highest BCUT2D eigenvalue weighted by Gasteiger charge is 2.17. The Morgan fingerprint density at radius 2 is 2.26 bits per heavy atom. The van der Waals surface area contributed by atoms with Gasteiger partial charge in [0, 0.05) is 12.6 Å². The van der Waals surface area contributed by atoms with Gasteiger partial charge in [0.25, 0.3) is 0 Å². The molecule has 7 nitrogen and oxygen atoms in total. The monoisotopic (exact) mass is 264 g/mol. The van der Waals surface area contributed by atoms with Crippen LogP contribution in [0.5, 0.6) is 0 Å². The van der Waals surface area contributed by atoms with Gasteiger partial charge in [-0.05, 0) is 25.3 Å². The number of aryl methyl sites for hydroxylation is 1. The molecule has 104 valence electrons. The van der Waals surface area contributed by atoms with Crippen molar-refractivity contribution in [3.05, 3.63) is 22.4 Å². The second kappa shape index (κ2) is 5.00. The Bertz CT molecular complexity index is 627. The van der Waals surface area contributed by atoms with Gasteiger partial charge < -0.3 is 11.1 Å². The molecule has 2 aromatic rings. The highest BCUT2D eigenvalue weighted by Crippen LogP contribution is 2.20. The normalized spacial score (nSPS) is 12.0. The van der Waals surface area contributed by atoms with Gasteiger partial charge in [-0.25, -0.2) is 19.3 Å². The molecule has 0 unspecified atom stereocenters. The summed E-state index contributed by atoms with van der Waals surface area (Å²) in [6, 6.07) is 1.75. The first-order valence-electron chi connectivity index (χ1n) is 6.32. The highest BCUT2D eigenvalue weighted by molar-refractivity contribution is 5.49. The molecule has 2 rings (SSSR count). The Hall–Kier alpha value is -1.89. The molecule has 2 heterocycles. The van der Waals surface area contributed by atoms with Crippen LogP contribution in [0.15, 0.2) is 10.9 Å². The maximum Gasteiger partial charge on any atom is 0.349 e. The number of fused-ring (bicyclic) bond motifs is 1. The zero-order chi connectivity index (χ0) is 14.0. The molecule has 0 fully saturated rings. The third-order valence-electron chi connectivity index (χ3n) is 3.14. The van der Waals surface area contributed by atoms with Crippen LogP contribution in [0.3, 0.4) is 0 Å². The largest absolute Gasteiger partial charge is 0.369 e. The van der Waals surface area contributed by atoms with Crippen LogP contribution in [0.2, 0.25) is 0 Å². The molecule has 0 aromatic carbocycles. The fourth-order valence-electron chi connectivity index (χ4n) is 2.00. The van der Waals surface area contributed by atoms with E-state index in [-0.39, 0.29) is 11.1 Å². The minimum Gasteiger partial charge on any atom is -0.369 e. The lowest BCUT2D eigenvalue weighted by atomic mass is 9.89. The van der Waals surface area contributed by atoms with Gasteiger partial charge >= 0.3 is 5.69 Å². The van der Waals surface area contributed by atoms with E-state index in [1.807, 2.05) is 0 Å². The Labute approximate surface area is 111 Å². The molecule has 0 atom stereocenters. The summed E-state index contributed by atoms with van der Waals surface area (Å²) >= 11 is 0. The van der Waals surface area contributed by atoms with Gasteiger partial charge in [0.2, 0.25) is 0 Å². The van der Waals surface area contributed by atoms with Crippen molar-refractivity contribution in [1.82, 2.24) is 19.6 Å². The van der Waals surface area contributed by atoms with Gasteiger partial charge in [0.05, 0.1) is 0 Å². The number of nitrogens with one attached hydrogen (secondary N) is 2. The smallest absolute Gasteiger partial charge is 0.349 e. The lowest BCUT2D eigenvalue weighted by molar-refractivity contribution is 0.365. The topological polar surface area (TPSA) is 101 Å². The molecule has 0 amide bonds. The van der Waals surface area contributed by atoms with Crippen LogP contribution in [0.1, 0.15) is 26.1 Å². The number of hydrogen-bond donors (Lipinski definition) is 3. The summed E-state index contributed by atoms with van der Waals surface area (Å²) in [6.45, 7) is 7.51. The van der Waals surface area contributed by atoms with Crippen molar-refractivity contribution >= 4 is 11.5 Å². The van der Waals surface area contributed by atoms with Crippen molar-refractivity contribution in [1.29, 1.82) is 0 Å². The average molecular weight is 264 g/mol. The van der Waals surface area contributed by atoms with Gasteiger partial charge in [-0.3, -0.25) is 0 Å². The average Bonchev–Trinajstić information content (AvgIpc) is 2.69. The van der Waals surface area contributed by atoms with Crippen LogP contribution >= 0.6 is 0 Å². The Kier molecular flexibility index (Phi) is 3.57. The first-order chi connectivity index (χ1) is 8.93. The van der Waals surface area contributed by atoms with Crippen molar-refractivity contribution in [2.45, 2.75) is 27.2 Å². The van der Waals surface area contributed by atoms with E-state index in [1.165, 1.54) is 4.40 Å². The van der Waals surface area contributed by atoms with E-state index in [0.717, 1.165) is 13.0 Å². The fraction of sp³-hybridized carbons (Fsp3) is 0.583. The lowest BCUT2D eigenvalue weighted by Gasteiger charge is -2.24. The highest BCUT2D eigenvalue weighted by atomic mass is 16.1. The summed E-state index contributed by atoms with van der Waals surface area (Å²) in [7, 11) is 0. The van der Waals surface area contributed by atoms with Crippen LogP contribution in [-0.4, -0.2) is 32.7 Å². The van der Waals surface area contributed by atoms with Crippen LogP contribution in [-0.2, 0) is 0 Å². The van der Waals surface area contributed by atoms with Gasteiger partial charge in [-0.1, -0.05) is 13.8 Å². The third-order valence-corrected chi connectivity index (χ3v) is 3.14. The van der Waals surface area contributed by atoms with Crippen molar-refractivity contribution in [2.24, 2.45) is 11.1 Å². The molecule has 7 heteroatoms. The molecule has 0 aliphatic heterocycles. The van der Waals surface area contributed by atoms with E-state index < -0.39 is 0 Å². The number of aromatic nitrogens is 4. The predicted molar refractivity (Wildman–Crippen MR) is 74.3 cm³/mol. The molecular formula is C12H20N6O. The van der Waals surface area contributed by atoms with Gasteiger partial charge in [0.15, 0.2) is 5.65 Å². The van der Waals surface area contributed by atoms with E-state index >= 15 is 0 Å². The van der Waals surface area contributed by atoms with Crippen molar-refractivity contribution in [3.8, 4) is 0 Å². The number of nitrogens with two attached hydrogens (primary N) is 1. The molecule has 0 saturated heterocycles. The van der Waals surface area contributed by atoms with Crippen molar-refractivity contribution < 1.29 is 0 Å². The number of aromatic amines is 1. The molecule has 19 heavy (non-hydrogen) atoms. The summed E-state index contributed by atoms with van der Waals surface area (Å²) in [6.07, 6.45) is 0.934. The van der Waals surface area contributed by atoms with Crippen LogP contribution in [0.4, 0.5) is 5.82 Å². The number of H-pyrrole nitrogens is 1. The first-order valence-corrected chi connectivity index (χ1v) is 6.32. The molecule has 2 aromatic heterocycles. The minimum absolute atomic E-state index is 0.0989. The lowest BCUT2D eigenvalue weighted by Crippen LogP contribution is -2.26. The second-order valence-electron chi connectivity index (χ2n) is 5.47. The Balaban J connectivity index is 2.20. The number of anilines is 1. The summed E-state index contributed by atoms with van der Waals surface area (Å²) in [5, 5.41) is 9.63. The van der Waals surface area contributed by atoms with E-state index in [4.69, 9.17) is 5.73 Å². The van der Waals surface area contributed by atoms with Crippen LogP contribution < -0.4 is 16.7 Å². The standard InChI is InChI=1S/C12H20N6O/c1-8-15-9(14-7-12(2,3)4-5-13)6-10-16-17-11(19)18(8)10/h6,14H,4-5,7,13H2,1-3H3,(H,17,19). The van der Waals surface area contributed by atoms with Crippen molar-refractivity contribution in [3.63, 3.8) is 0 Å². The van der Waals surface area contributed by atoms with E-state index in [1.54, 1.807) is 13.0 Å². The molecule has 0 aliphatic carbocycles. The fourth-order valence-corrected chi connectivity index (χ4v) is 2.00. The third kappa shape index (κ3) is 2.93.